The van der Waals surface area contributed by atoms with Crippen molar-refractivity contribution < 1.29 is 24.4 Å². The van der Waals surface area contributed by atoms with E-state index in [0.29, 0.717) is 25.9 Å². The fourth-order valence-electron chi connectivity index (χ4n) is 7.00. The van der Waals surface area contributed by atoms with Crippen molar-refractivity contribution in [3.05, 3.63) is 85.9 Å². The van der Waals surface area contributed by atoms with Crippen LogP contribution in [0.1, 0.15) is 47.7 Å². The molecule has 41 heavy (non-hydrogen) atoms. The number of hydrogen-bond acceptors (Lipinski definition) is 8. The molecule has 9 nitrogen and oxygen atoms in total. The molecular weight excluding hydrogens is 562 g/mol. The summed E-state index contributed by atoms with van der Waals surface area (Å²) in [5, 5.41) is 21.6. The number of nitro groups is 1. The molecule has 2 fully saturated rings. The zero-order chi connectivity index (χ0) is 29.1. The summed E-state index contributed by atoms with van der Waals surface area (Å²) in [6.45, 7) is 3.10. The number of β-lactam (4-membered cyclic amide) rings is 1. The van der Waals surface area contributed by atoms with E-state index in [1.807, 2.05) is 31.2 Å². The van der Waals surface area contributed by atoms with Crippen molar-refractivity contribution in [2.24, 2.45) is 11.8 Å². The Hall–Kier alpha value is -2.99. The Morgan fingerprint density at radius 1 is 1.20 bits per heavy atom. The summed E-state index contributed by atoms with van der Waals surface area (Å²) >= 11 is 5.63. The molecule has 1 amide bonds. The van der Waals surface area contributed by atoms with E-state index in [-0.39, 0.29) is 35.0 Å². The minimum atomic E-state index is -0.932. The maximum absolute atomic E-state index is 13.5. The van der Waals surface area contributed by atoms with Crippen molar-refractivity contribution >= 4 is 46.9 Å². The number of aryl methyl sites for hydroxylation is 1. The Morgan fingerprint density at radius 2 is 1.93 bits per heavy atom. The Bertz CT molecular complexity index is 1480. The monoisotopic (exact) mass is 593 g/mol. The molecule has 2 aromatic carbocycles. The number of carbonyl (C=O) groups excluding carboxylic acids is 3. The lowest BCUT2D eigenvalue weighted by atomic mass is 9.77. The molecule has 0 radical (unpaired) electrons. The summed E-state index contributed by atoms with van der Waals surface area (Å²) in [5.41, 5.74) is 2.85. The number of hydrogen-bond donors (Lipinski definition) is 2. The Morgan fingerprint density at radius 3 is 2.61 bits per heavy atom. The minimum Gasteiger partial charge on any atom is -0.392 e. The molecule has 4 aliphatic rings. The van der Waals surface area contributed by atoms with Crippen LogP contribution in [0, 0.1) is 22.0 Å². The van der Waals surface area contributed by atoms with Gasteiger partial charge in [-0.2, -0.15) is 0 Å². The number of thiol groups is 1. The predicted octanol–water partition coefficient (Wildman–Crippen LogP) is 4.00. The number of rotatable bonds is 8. The van der Waals surface area contributed by atoms with Gasteiger partial charge in [0.1, 0.15) is 10.6 Å². The van der Waals surface area contributed by atoms with Gasteiger partial charge in [0, 0.05) is 41.5 Å². The Balaban J connectivity index is 1.30. The molecule has 1 unspecified atom stereocenters. The second-order valence-corrected chi connectivity index (χ2v) is 13.0. The van der Waals surface area contributed by atoms with Crippen molar-refractivity contribution in [3.8, 4) is 0 Å². The van der Waals surface area contributed by atoms with Crippen molar-refractivity contribution in [3.63, 3.8) is 0 Å². The summed E-state index contributed by atoms with van der Waals surface area (Å²) in [6, 6.07) is 13.7. The van der Waals surface area contributed by atoms with Crippen LogP contribution in [0.2, 0.25) is 0 Å². The topological polar surface area (TPSA) is 121 Å². The van der Waals surface area contributed by atoms with Gasteiger partial charge in [0.25, 0.3) is 5.69 Å². The molecule has 5 atom stereocenters. The van der Waals surface area contributed by atoms with Crippen LogP contribution in [-0.4, -0.2) is 66.7 Å². The molecule has 3 aliphatic heterocycles. The van der Waals surface area contributed by atoms with Crippen LogP contribution < -0.4 is 0 Å². The fourth-order valence-corrected chi connectivity index (χ4v) is 9.21. The molecule has 6 rings (SSSR count). The lowest BCUT2D eigenvalue weighted by molar-refractivity contribution is -0.384. The Labute approximate surface area is 247 Å². The van der Waals surface area contributed by atoms with Gasteiger partial charge < -0.3 is 5.11 Å². The quantitative estimate of drug-likeness (QED) is 0.204. The van der Waals surface area contributed by atoms with Crippen molar-refractivity contribution in [2.75, 3.05) is 13.1 Å². The highest BCUT2D eigenvalue weighted by Gasteiger charge is 2.68. The van der Waals surface area contributed by atoms with E-state index in [9.17, 15) is 29.6 Å². The Kier molecular flexibility index (Phi) is 7.34. The number of nitro benzene ring substituents is 1. The number of Topliss-reactive ketones (excluding diaryl/α,β-unsaturated/α-hetero) is 1. The maximum Gasteiger partial charge on any atom is 0.269 e. The summed E-state index contributed by atoms with van der Waals surface area (Å²) in [6.07, 6.45) is 2.09. The van der Waals surface area contributed by atoms with E-state index >= 15 is 0 Å². The highest BCUT2D eigenvalue weighted by Crippen LogP contribution is 2.63. The number of likely N-dealkylation sites (tertiary alicyclic amines) is 1. The van der Waals surface area contributed by atoms with E-state index < -0.39 is 26.9 Å². The van der Waals surface area contributed by atoms with Gasteiger partial charge in [0.15, 0.2) is 5.78 Å². The molecule has 11 heteroatoms. The van der Waals surface area contributed by atoms with E-state index in [1.165, 1.54) is 28.8 Å². The van der Waals surface area contributed by atoms with Gasteiger partial charge in [0.2, 0.25) is 11.0 Å². The van der Waals surface area contributed by atoms with Crippen LogP contribution in [0.15, 0.2) is 59.1 Å². The second-order valence-electron chi connectivity index (χ2n) is 11.2. The molecule has 0 saturated carbocycles. The van der Waals surface area contributed by atoms with E-state index in [4.69, 9.17) is 0 Å². The number of amides is 1. The largest absolute Gasteiger partial charge is 0.392 e. The summed E-state index contributed by atoms with van der Waals surface area (Å²) in [4.78, 5) is 54.1. The molecule has 0 bridgehead atoms. The SMILES string of the molecule is CC[C@H](O)[C@@H]1C(=O)N2C(C(=O)S)=C([C@H]3CCN(C4CCc5ccccc5C4=O)C3)S[C@]12Cc1ccc([N+](=O)[O-])cc1. The number of fused-ring (bicyclic) bond motifs is 2. The molecule has 1 aliphatic carbocycles. The van der Waals surface area contributed by atoms with Gasteiger partial charge in [0.05, 0.1) is 23.0 Å². The maximum atomic E-state index is 13.5. The number of carbonyl (C=O) groups is 3. The minimum absolute atomic E-state index is 0.0343. The number of benzene rings is 2. The van der Waals surface area contributed by atoms with Crippen LogP contribution in [-0.2, 0) is 22.4 Å². The highest BCUT2D eigenvalue weighted by atomic mass is 32.2. The van der Waals surface area contributed by atoms with Gasteiger partial charge in [-0.15, -0.1) is 0 Å². The van der Waals surface area contributed by atoms with Crippen molar-refractivity contribution in [2.45, 2.75) is 56.0 Å². The third-order valence-corrected chi connectivity index (χ3v) is 10.9. The average molecular weight is 594 g/mol. The molecule has 214 valence electrons. The number of ketones is 1. The van der Waals surface area contributed by atoms with Crippen LogP contribution in [0.3, 0.4) is 0 Å². The lowest BCUT2D eigenvalue weighted by Gasteiger charge is -2.55. The van der Waals surface area contributed by atoms with Crippen LogP contribution >= 0.6 is 24.4 Å². The summed E-state index contributed by atoms with van der Waals surface area (Å²) in [5.74, 6) is -0.981. The van der Waals surface area contributed by atoms with E-state index in [2.05, 4.69) is 17.5 Å². The first kappa shape index (κ1) is 28.1. The van der Waals surface area contributed by atoms with Crippen LogP contribution in [0.4, 0.5) is 5.69 Å². The molecule has 0 spiro atoms. The van der Waals surface area contributed by atoms with Gasteiger partial charge in [-0.3, -0.25) is 34.3 Å². The molecule has 2 aromatic rings. The predicted molar refractivity (Wildman–Crippen MR) is 157 cm³/mol. The van der Waals surface area contributed by atoms with Gasteiger partial charge >= 0.3 is 0 Å². The highest BCUT2D eigenvalue weighted by molar-refractivity contribution is 8.05. The molecular formula is C30H31N3O6S2. The van der Waals surface area contributed by atoms with Crippen molar-refractivity contribution in [1.29, 1.82) is 0 Å². The third kappa shape index (κ3) is 4.54. The summed E-state index contributed by atoms with van der Waals surface area (Å²) in [7, 11) is 0. The first-order chi connectivity index (χ1) is 19.7. The second kappa shape index (κ2) is 10.7. The zero-order valence-electron chi connectivity index (χ0n) is 22.6. The van der Waals surface area contributed by atoms with Gasteiger partial charge in [-0.05, 0) is 43.4 Å². The third-order valence-electron chi connectivity index (χ3n) is 9.01. The van der Waals surface area contributed by atoms with Gasteiger partial charge in [-0.1, -0.05) is 67.7 Å². The number of aliphatic hydroxyl groups is 1. The van der Waals surface area contributed by atoms with Crippen LogP contribution in [0.25, 0.3) is 0 Å². The zero-order valence-corrected chi connectivity index (χ0v) is 24.3. The molecule has 2 saturated heterocycles. The number of aliphatic hydroxyl groups excluding tert-OH is 1. The smallest absolute Gasteiger partial charge is 0.269 e. The van der Waals surface area contributed by atoms with E-state index in [0.717, 1.165) is 40.9 Å². The number of thioether (sulfide) groups is 1. The van der Waals surface area contributed by atoms with E-state index in [1.54, 1.807) is 12.1 Å². The fraction of sp³-hybridized carbons (Fsp3) is 0.433. The average Bonchev–Trinajstić information content (AvgIpc) is 3.55. The van der Waals surface area contributed by atoms with Crippen LogP contribution in [0.5, 0.6) is 0 Å². The first-order valence-electron chi connectivity index (χ1n) is 13.9. The van der Waals surface area contributed by atoms with Gasteiger partial charge in [-0.25, -0.2) is 0 Å². The standard InChI is InChI=1S/C30H31N3O6S2/c1-2-23(34)24-28(36)32-25(29(37)40)27(41-30(24,32)15-17-7-10-20(11-8-17)33(38)39)19-13-14-31(16-19)22-12-9-18-5-3-4-6-21(18)26(22)35/h3-8,10-11,19,22-24,34H,2,9,12-16H2,1H3,(H,37,40)/t19-,22?,23-,24+,30+/m0/s1. The molecule has 1 N–H and O–H groups in total. The molecule has 3 heterocycles. The number of non-ortho nitro benzene ring substituents is 1. The number of nitrogens with zero attached hydrogens (tertiary/aromatic N) is 3. The normalized spacial score (nSPS) is 28.4. The first-order valence-corrected chi connectivity index (χ1v) is 15.2. The lowest BCUT2D eigenvalue weighted by Crippen LogP contribution is -2.71. The summed E-state index contributed by atoms with van der Waals surface area (Å²) < 4.78 is 0. The molecule has 0 aromatic heterocycles. The van der Waals surface area contributed by atoms with Crippen molar-refractivity contribution in [1.82, 2.24) is 9.80 Å².